The lowest BCUT2D eigenvalue weighted by atomic mass is 10.2. The van der Waals surface area contributed by atoms with E-state index in [-0.39, 0.29) is 0 Å². The third-order valence-electron chi connectivity index (χ3n) is 2.55. The predicted octanol–water partition coefficient (Wildman–Crippen LogP) is 1.49. The number of aryl methyl sites for hydroxylation is 1. The molecule has 0 aromatic carbocycles. The van der Waals surface area contributed by atoms with Gasteiger partial charge in [0.05, 0.1) is 0 Å². The summed E-state index contributed by atoms with van der Waals surface area (Å²) in [7, 11) is 0. The number of hydrogen-bond donors (Lipinski definition) is 1. The van der Waals surface area contributed by atoms with Gasteiger partial charge in [0, 0.05) is 23.8 Å². The molecule has 2 rings (SSSR count). The van der Waals surface area contributed by atoms with Crippen LogP contribution in [0.1, 0.15) is 25.1 Å². The van der Waals surface area contributed by atoms with Crippen LogP contribution in [0, 0.1) is 6.92 Å². The Balaban J connectivity index is 2.36. The number of rotatable bonds is 1. The van der Waals surface area contributed by atoms with Crippen molar-refractivity contribution < 1.29 is 0 Å². The number of anilines is 1. The standard InChI is InChI=1S/C9H15N3/c1-6(2)12-5-4-8-7(3)10-11-9(8)12/h6H,4-5H2,1-3H3,(H,10,11). The molecule has 0 aliphatic carbocycles. The molecule has 0 saturated heterocycles. The maximum atomic E-state index is 4.30. The quantitative estimate of drug-likeness (QED) is 0.683. The second-order valence-electron chi connectivity index (χ2n) is 3.69. The third kappa shape index (κ3) is 0.924. The van der Waals surface area contributed by atoms with Crippen LogP contribution in [0.15, 0.2) is 0 Å². The average molecular weight is 165 g/mol. The van der Waals surface area contributed by atoms with Gasteiger partial charge in [0.15, 0.2) is 5.82 Å². The van der Waals surface area contributed by atoms with E-state index in [0.29, 0.717) is 6.04 Å². The number of nitrogens with zero attached hydrogens (tertiary/aromatic N) is 2. The summed E-state index contributed by atoms with van der Waals surface area (Å²) in [5.41, 5.74) is 2.64. The summed E-state index contributed by atoms with van der Waals surface area (Å²) in [4.78, 5) is 2.35. The van der Waals surface area contributed by atoms with Crippen molar-refractivity contribution in [2.24, 2.45) is 0 Å². The molecule has 0 saturated carbocycles. The van der Waals surface area contributed by atoms with Gasteiger partial charge in [-0.1, -0.05) is 0 Å². The number of hydrogen-bond acceptors (Lipinski definition) is 2. The summed E-state index contributed by atoms with van der Waals surface area (Å²) in [6.07, 6.45) is 1.15. The number of aromatic nitrogens is 2. The summed E-state index contributed by atoms with van der Waals surface area (Å²) in [5.74, 6) is 1.17. The van der Waals surface area contributed by atoms with Crippen LogP contribution in [0.2, 0.25) is 0 Å². The Morgan fingerprint density at radius 2 is 2.25 bits per heavy atom. The molecule has 1 aliphatic heterocycles. The van der Waals surface area contributed by atoms with Gasteiger partial charge in [0.25, 0.3) is 0 Å². The van der Waals surface area contributed by atoms with Crippen LogP contribution in [0.5, 0.6) is 0 Å². The second kappa shape index (κ2) is 2.51. The minimum atomic E-state index is 0.564. The molecular weight excluding hydrogens is 150 g/mol. The highest BCUT2D eigenvalue weighted by atomic mass is 15.3. The Kier molecular flexibility index (Phi) is 1.60. The van der Waals surface area contributed by atoms with E-state index in [1.165, 1.54) is 17.1 Å². The van der Waals surface area contributed by atoms with Crippen molar-refractivity contribution in [3.05, 3.63) is 11.3 Å². The molecule has 1 N–H and O–H groups in total. The second-order valence-corrected chi connectivity index (χ2v) is 3.69. The number of nitrogens with one attached hydrogen (secondary N) is 1. The molecule has 12 heavy (non-hydrogen) atoms. The molecule has 0 atom stereocenters. The van der Waals surface area contributed by atoms with Gasteiger partial charge in [-0.05, 0) is 27.2 Å². The molecule has 2 heterocycles. The molecule has 0 radical (unpaired) electrons. The third-order valence-corrected chi connectivity index (χ3v) is 2.55. The molecule has 0 amide bonds. The van der Waals surface area contributed by atoms with Crippen LogP contribution in [0.3, 0.4) is 0 Å². The first-order chi connectivity index (χ1) is 5.70. The zero-order valence-electron chi connectivity index (χ0n) is 7.89. The fourth-order valence-corrected chi connectivity index (χ4v) is 1.82. The minimum Gasteiger partial charge on any atom is -0.352 e. The largest absolute Gasteiger partial charge is 0.352 e. The van der Waals surface area contributed by atoms with E-state index in [1.54, 1.807) is 0 Å². The molecule has 0 bridgehead atoms. The summed E-state index contributed by atoms with van der Waals surface area (Å²) < 4.78 is 0. The van der Waals surface area contributed by atoms with E-state index in [9.17, 15) is 0 Å². The van der Waals surface area contributed by atoms with Gasteiger partial charge in [-0.3, -0.25) is 5.10 Å². The molecule has 3 heteroatoms. The highest BCUT2D eigenvalue weighted by molar-refractivity contribution is 5.54. The average Bonchev–Trinajstić information content (AvgIpc) is 2.53. The number of aromatic amines is 1. The highest BCUT2D eigenvalue weighted by Crippen LogP contribution is 2.28. The molecule has 3 nitrogen and oxygen atoms in total. The molecular formula is C9H15N3. The van der Waals surface area contributed by atoms with Crippen LogP contribution >= 0.6 is 0 Å². The number of H-pyrrole nitrogens is 1. The van der Waals surface area contributed by atoms with Gasteiger partial charge >= 0.3 is 0 Å². The summed E-state index contributed by atoms with van der Waals surface area (Å²) >= 11 is 0. The lowest BCUT2D eigenvalue weighted by molar-refractivity contribution is 0.695. The zero-order chi connectivity index (χ0) is 8.72. The van der Waals surface area contributed by atoms with Crippen molar-refractivity contribution in [3.8, 4) is 0 Å². The van der Waals surface area contributed by atoms with Crippen molar-refractivity contribution in [2.75, 3.05) is 11.4 Å². The van der Waals surface area contributed by atoms with E-state index >= 15 is 0 Å². The summed E-state index contributed by atoms with van der Waals surface area (Å²) in [6.45, 7) is 7.64. The van der Waals surface area contributed by atoms with E-state index in [0.717, 1.165) is 13.0 Å². The topological polar surface area (TPSA) is 31.9 Å². The van der Waals surface area contributed by atoms with Crippen molar-refractivity contribution in [3.63, 3.8) is 0 Å². The Labute approximate surface area is 72.8 Å². The van der Waals surface area contributed by atoms with Crippen LogP contribution in [0.4, 0.5) is 5.82 Å². The van der Waals surface area contributed by atoms with Crippen molar-refractivity contribution >= 4 is 5.82 Å². The fraction of sp³-hybridized carbons (Fsp3) is 0.667. The van der Waals surface area contributed by atoms with Crippen LogP contribution < -0.4 is 4.90 Å². The van der Waals surface area contributed by atoms with Gasteiger partial charge in [-0.25, -0.2) is 0 Å². The lowest BCUT2D eigenvalue weighted by Gasteiger charge is -2.21. The first kappa shape index (κ1) is 7.65. The normalized spacial score (nSPS) is 15.8. The summed E-state index contributed by atoms with van der Waals surface area (Å²) in [5, 5.41) is 7.33. The summed E-state index contributed by atoms with van der Waals surface area (Å²) in [6, 6.07) is 0.564. The SMILES string of the molecule is Cc1[nH]nc2c1CCN2C(C)C. The van der Waals surface area contributed by atoms with E-state index in [1.807, 2.05) is 0 Å². The van der Waals surface area contributed by atoms with Crippen LogP contribution in [-0.4, -0.2) is 22.8 Å². The first-order valence-corrected chi connectivity index (χ1v) is 4.50. The van der Waals surface area contributed by atoms with Gasteiger partial charge in [0.2, 0.25) is 0 Å². The van der Waals surface area contributed by atoms with E-state index < -0.39 is 0 Å². The minimum absolute atomic E-state index is 0.564. The molecule has 1 aromatic heterocycles. The lowest BCUT2D eigenvalue weighted by Crippen LogP contribution is -2.28. The van der Waals surface area contributed by atoms with Gasteiger partial charge < -0.3 is 4.90 Å². The molecule has 1 aromatic rings. The first-order valence-electron chi connectivity index (χ1n) is 4.50. The molecule has 0 unspecified atom stereocenters. The smallest absolute Gasteiger partial charge is 0.154 e. The molecule has 66 valence electrons. The van der Waals surface area contributed by atoms with Gasteiger partial charge in [0.1, 0.15) is 0 Å². The van der Waals surface area contributed by atoms with Crippen LogP contribution in [0.25, 0.3) is 0 Å². The molecule has 0 fully saturated rings. The maximum Gasteiger partial charge on any atom is 0.154 e. The van der Waals surface area contributed by atoms with Crippen molar-refractivity contribution in [2.45, 2.75) is 33.2 Å². The Hall–Kier alpha value is -0.990. The highest BCUT2D eigenvalue weighted by Gasteiger charge is 2.25. The fourth-order valence-electron chi connectivity index (χ4n) is 1.82. The Morgan fingerprint density at radius 1 is 1.50 bits per heavy atom. The Bertz CT molecular complexity index is 288. The monoisotopic (exact) mass is 165 g/mol. The molecule has 1 aliphatic rings. The maximum absolute atomic E-state index is 4.30. The zero-order valence-corrected chi connectivity index (χ0v) is 7.89. The van der Waals surface area contributed by atoms with Crippen LogP contribution in [-0.2, 0) is 6.42 Å². The molecule has 0 spiro atoms. The van der Waals surface area contributed by atoms with Crippen molar-refractivity contribution in [1.29, 1.82) is 0 Å². The predicted molar refractivity (Wildman–Crippen MR) is 49.5 cm³/mol. The van der Waals surface area contributed by atoms with E-state index in [2.05, 4.69) is 35.9 Å². The van der Waals surface area contributed by atoms with Gasteiger partial charge in [-0.15, -0.1) is 0 Å². The van der Waals surface area contributed by atoms with E-state index in [4.69, 9.17) is 0 Å². The van der Waals surface area contributed by atoms with Gasteiger partial charge in [-0.2, -0.15) is 5.10 Å². The number of fused-ring (bicyclic) bond motifs is 1. The van der Waals surface area contributed by atoms with Crippen molar-refractivity contribution in [1.82, 2.24) is 10.2 Å². The Morgan fingerprint density at radius 3 is 2.92 bits per heavy atom.